The van der Waals surface area contributed by atoms with Gasteiger partial charge in [-0.2, -0.15) is 0 Å². The first-order valence-corrected chi connectivity index (χ1v) is 14.2. The van der Waals surface area contributed by atoms with Gasteiger partial charge >= 0.3 is 11.9 Å². The summed E-state index contributed by atoms with van der Waals surface area (Å²) in [5.41, 5.74) is 9.42. The summed E-state index contributed by atoms with van der Waals surface area (Å²) in [6.45, 7) is 3.50. The molecule has 0 saturated carbocycles. The number of carbonyl (C=O) groups is 3. The second-order valence-electron chi connectivity index (χ2n) is 10.2. The zero-order valence-corrected chi connectivity index (χ0v) is 24.2. The zero-order valence-electron chi connectivity index (χ0n) is 24.2. The number of Topliss-reactive ketones (excluding diaryl/α,β-unsaturated/α-hetero) is 1. The number of nitrogens with zero attached hydrogens (tertiary/aromatic N) is 1. The van der Waals surface area contributed by atoms with E-state index in [-0.39, 0.29) is 36.6 Å². The maximum atomic E-state index is 14.8. The van der Waals surface area contributed by atoms with Crippen LogP contribution in [-0.2, 0) is 23.9 Å². The lowest BCUT2D eigenvalue weighted by Crippen LogP contribution is -2.46. The van der Waals surface area contributed by atoms with E-state index in [0.717, 1.165) is 0 Å². The van der Waals surface area contributed by atoms with Crippen LogP contribution in [0.15, 0.2) is 102 Å². The molecule has 43 heavy (non-hydrogen) atoms. The molecule has 5 rings (SSSR count). The summed E-state index contributed by atoms with van der Waals surface area (Å²) >= 11 is 0. The molecule has 0 fully saturated rings. The lowest BCUT2D eigenvalue weighted by molar-refractivity contribution is -0.152. The van der Waals surface area contributed by atoms with Crippen LogP contribution in [0.3, 0.4) is 0 Å². The van der Waals surface area contributed by atoms with E-state index >= 15 is 0 Å². The Morgan fingerprint density at radius 3 is 2.28 bits per heavy atom. The molecular formula is C34H33FN2O6. The van der Waals surface area contributed by atoms with Gasteiger partial charge in [-0.3, -0.25) is 14.5 Å². The molecule has 3 unspecified atom stereocenters. The number of carbonyl (C=O) groups excluding carboxylic acids is 3. The third-order valence-electron chi connectivity index (χ3n) is 7.81. The van der Waals surface area contributed by atoms with E-state index in [1.54, 1.807) is 44.1 Å². The van der Waals surface area contributed by atoms with E-state index in [2.05, 4.69) is 0 Å². The lowest BCUT2D eigenvalue weighted by Gasteiger charge is -2.44. The number of allylic oxidation sites excluding steroid dienone is 2. The maximum Gasteiger partial charge on any atom is 0.338 e. The van der Waals surface area contributed by atoms with Gasteiger partial charge in [-0.1, -0.05) is 42.5 Å². The summed E-state index contributed by atoms with van der Waals surface area (Å²) in [6, 6.07) is 21.9. The highest BCUT2D eigenvalue weighted by Gasteiger charge is 2.51. The minimum absolute atomic E-state index is 0.0341. The summed E-state index contributed by atoms with van der Waals surface area (Å²) in [5, 5.41) is 0. The fourth-order valence-corrected chi connectivity index (χ4v) is 5.98. The fourth-order valence-electron chi connectivity index (χ4n) is 5.98. The second kappa shape index (κ2) is 12.5. The topological polar surface area (TPSA) is 108 Å². The Morgan fingerprint density at radius 1 is 0.930 bits per heavy atom. The van der Waals surface area contributed by atoms with Crippen LogP contribution in [0.25, 0.3) is 0 Å². The van der Waals surface area contributed by atoms with Crippen molar-refractivity contribution in [3.8, 4) is 5.75 Å². The molecule has 0 spiro atoms. The van der Waals surface area contributed by atoms with Gasteiger partial charge in [0.25, 0.3) is 0 Å². The van der Waals surface area contributed by atoms with Crippen LogP contribution in [0.1, 0.15) is 43.2 Å². The Morgan fingerprint density at radius 2 is 1.63 bits per heavy atom. The van der Waals surface area contributed by atoms with Crippen molar-refractivity contribution in [3.05, 3.63) is 118 Å². The smallest absolute Gasteiger partial charge is 0.338 e. The molecule has 3 aromatic rings. The number of esters is 2. The highest BCUT2D eigenvalue weighted by atomic mass is 19.1. The molecule has 9 heteroatoms. The quantitative estimate of drug-likeness (QED) is 0.279. The van der Waals surface area contributed by atoms with Gasteiger partial charge in [0, 0.05) is 22.9 Å². The van der Waals surface area contributed by atoms with E-state index in [0.29, 0.717) is 28.3 Å². The number of ether oxygens (including phenoxy) is 3. The van der Waals surface area contributed by atoms with E-state index < -0.39 is 41.3 Å². The number of ketones is 1. The fraction of sp³-hybridized carbons (Fsp3) is 0.265. The van der Waals surface area contributed by atoms with Gasteiger partial charge in [-0.05, 0) is 67.8 Å². The molecule has 0 bridgehead atoms. The molecule has 3 atom stereocenters. The van der Waals surface area contributed by atoms with Gasteiger partial charge in [-0.15, -0.1) is 0 Å². The van der Waals surface area contributed by atoms with Crippen molar-refractivity contribution in [3.63, 3.8) is 0 Å². The molecular weight excluding hydrogens is 551 g/mol. The van der Waals surface area contributed by atoms with Crippen LogP contribution in [0.5, 0.6) is 5.75 Å². The molecule has 2 N–H and O–H groups in total. The first-order valence-electron chi connectivity index (χ1n) is 14.2. The van der Waals surface area contributed by atoms with Crippen molar-refractivity contribution < 1.29 is 33.0 Å². The van der Waals surface area contributed by atoms with Crippen molar-refractivity contribution in [2.24, 2.45) is 11.7 Å². The van der Waals surface area contributed by atoms with Gasteiger partial charge in [-0.25, -0.2) is 9.18 Å². The molecule has 222 valence electrons. The zero-order chi connectivity index (χ0) is 30.7. The maximum absolute atomic E-state index is 14.8. The van der Waals surface area contributed by atoms with Gasteiger partial charge < -0.3 is 19.9 Å². The number of benzene rings is 3. The standard InChI is InChI=1S/C34H33FN2O6/c1-4-42-33(39)28-25(21-10-9-13-24(18-21)41-3)19-26-29(31(28)38)27(20-14-16-22(35)17-15-20)30(34(40)43-5-2)32(36)37(26)23-11-7-6-8-12-23/h6-18,25,27-28H,4-5,19,36H2,1-3H3. The first-order chi connectivity index (χ1) is 20.8. The van der Waals surface area contributed by atoms with Gasteiger partial charge in [0.2, 0.25) is 0 Å². The summed E-state index contributed by atoms with van der Waals surface area (Å²) in [5.74, 6) is -4.55. The minimum atomic E-state index is -1.21. The Hall–Kier alpha value is -4.92. The number of para-hydroxylation sites is 1. The lowest BCUT2D eigenvalue weighted by atomic mass is 9.67. The Bertz CT molecular complexity index is 1600. The monoisotopic (exact) mass is 584 g/mol. The van der Waals surface area contributed by atoms with Crippen molar-refractivity contribution in [1.82, 2.24) is 0 Å². The number of nitrogens with two attached hydrogens (primary N) is 1. The number of hydrogen-bond acceptors (Lipinski definition) is 8. The van der Waals surface area contributed by atoms with Gasteiger partial charge in [0.1, 0.15) is 23.3 Å². The SMILES string of the molecule is CCOC(=O)C1=C(N)N(c2ccccc2)C2=C(C(=O)C(C(=O)OCC)C(c3cccc(OC)c3)C2)C1c1ccc(F)cc1. The van der Waals surface area contributed by atoms with Crippen LogP contribution in [0.4, 0.5) is 10.1 Å². The highest BCUT2D eigenvalue weighted by molar-refractivity contribution is 6.14. The Kier molecular flexibility index (Phi) is 8.61. The van der Waals surface area contributed by atoms with Crippen molar-refractivity contribution in [2.75, 3.05) is 25.2 Å². The van der Waals surface area contributed by atoms with Crippen LogP contribution < -0.4 is 15.4 Å². The molecule has 1 heterocycles. The van der Waals surface area contributed by atoms with Gasteiger partial charge in [0.05, 0.1) is 31.8 Å². The van der Waals surface area contributed by atoms with E-state index in [4.69, 9.17) is 19.9 Å². The van der Waals surface area contributed by atoms with E-state index in [1.807, 2.05) is 36.4 Å². The number of halogens is 1. The van der Waals surface area contributed by atoms with E-state index in [1.165, 1.54) is 24.3 Å². The van der Waals surface area contributed by atoms with Crippen LogP contribution in [0.2, 0.25) is 0 Å². The summed E-state index contributed by atoms with van der Waals surface area (Å²) in [6.07, 6.45) is 0.209. The second-order valence-corrected chi connectivity index (χ2v) is 10.2. The van der Waals surface area contributed by atoms with Crippen LogP contribution in [-0.4, -0.2) is 38.0 Å². The predicted molar refractivity (Wildman–Crippen MR) is 158 cm³/mol. The van der Waals surface area contributed by atoms with Gasteiger partial charge in [0.15, 0.2) is 5.78 Å². The molecule has 1 aliphatic heterocycles. The van der Waals surface area contributed by atoms with Crippen molar-refractivity contribution in [1.29, 1.82) is 0 Å². The number of hydrogen-bond donors (Lipinski definition) is 1. The average molecular weight is 585 g/mol. The summed E-state index contributed by atoms with van der Waals surface area (Å²) in [4.78, 5) is 43.6. The van der Waals surface area contributed by atoms with Crippen molar-refractivity contribution in [2.45, 2.75) is 32.1 Å². The van der Waals surface area contributed by atoms with Crippen molar-refractivity contribution >= 4 is 23.4 Å². The third-order valence-corrected chi connectivity index (χ3v) is 7.81. The number of anilines is 1. The molecule has 0 amide bonds. The Labute approximate surface area is 249 Å². The number of rotatable bonds is 8. The molecule has 0 aromatic heterocycles. The first kappa shape index (κ1) is 29.6. The molecule has 3 aromatic carbocycles. The third kappa shape index (κ3) is 5.50. The number of methoxy groups -OCH3 is 1. The minimum Gasteiger partial charge on any atom is -0.497 e. The predicted octanol–water partition coefficient (Wildman–Crippen LogP) is 5.36. The molecule has 2 aliphatic rings. The molecule has 8 nitrogen and oxygen atoms in total. The molecule has 0 saturated heterocycles. The normalized spacial score (nSPS) is 20.0. The molecule has 1 aliphatic carbocycles. The van der Waals surface area contributed by atoms with E-state index in [9.17, 15) is 18.8 Å². The average Bonchev–Trinajstić information content (AvgIpc) is 3.01. The summed E-state index contributed by atoms with van der Waals surface area (Å²) in [7, 11) is 1.54. The summed E-state index contributed by atoms with van der Waals surface area (Å²) < 4.78 is 30.4. The Balaban J connectivity index is 1.81. The largest absolute Gasteiger partial charge is 0.497 e. The molecule has 0 radical (unpaired) electrons. The highest BCUT2D eigenvalue weighted by Crippen LogP contribution is 2.51. The van der Waals surface area contributed by atoms with Crippen LogP contribution >= 0.6 is 0 Å². The van der Waals surface area contributed by atoms with Crippen LogP contribution in [0, 0.1) is 11.7 Å².